The predicted octanol–water partition coefficient (Wildman–Crippen LogP) is 1.77. The standard InChI is InChI=1S/C17H21FN4O2S/c18-14-1-3-15(4-2-14)22-17(19-12-20-22)13-5-8-21(9-6-13)16-7-10-25(23,24)11-16/h1-4,12-13,16H,5-11H2. The van der Waals surface area contributed by atoms with E-state index in [1.165, 1.54) is 18.5 Å². The van der Waals surface area contributed by atoms with E-state index >= 15 is 0 Å². The first kappa shape index (κ1) is 16.7. The van der Waals surface area contributed by atoms with Crippen LogP contribution in [0.25, 0.3) is 5.69 Å². The molecule has 0 saturated carbocycles. The Bertz CT molecular complexity index is 842. The normalized spacial score (nSPS) is 24.6. The zero-order valence-corrected chi connectivity index (χ0v) is 14.7. The molecule has 1 aromatic heterocycles. The van der Waals surface area contributed by atoms with Crippen LogP contribution in [0.2, 0.25) is 0 Å². The number of rotatable bonds is 3. The smallest absolute Gasteiger partial charge is 0.151 e. The second kappa shape index (κ2) is 6.49. The highest BCUT2D eigenvalue weighted by Crippen LogP contribution is 2.30. The van der Waals surface area contributed by atoms with Gasteiger partial charge in [0, 0.05) is 12.0 Å². The van der Waals surface area contributed by atoms with Crippen LogP contribution in [0.3, 0.4) is 0 Å². The molecule has 0 bridgehead atoms. The Morgan fingerprint density at radius 1 is 1.08 bits per heavy atom. The molecule has 0 aliphatic carbocycles. The molecule has 4 rings (SSSR count). The van der Waals surface area contributed by atoms with Gasteiger partial charge in [0.2, 0.25) is 0 Å². The molecule has 2 aliphatic heterocycles. The lowest BCUT2D eigenvalue weighted by atomic mass is 9.94. The molecule has 1 aromatic carbocycles. The van der Waals surface area contributed by atoms with Gasteiger partial charge in [-0.1, -0.05) is 0 Å². The Morgan fingerprint density at radius 3 is 2.44 bits per heavy atom. The van der Waals surface area contributed by atoms with E-state index in [-0.39, 0.29) is 17.8 Å². The molecule has 0 radical (unpaired) electrons. The van der Waals surface area contributed by atoms with Crippen molar-refractivity contribution in [2.45, 2.75) is 31.2 Å². The summed E-state index contributed by atoms with van der Waals surface area (Å²) in [5.41, 5.74) is 0.804. The van der Waals surface area contributed by atoms with Crippen molar-refractivity contribution in [2.75, 3.05) is 24.6 Å². The average molecular weight is 364 g/mol. The van der Waals surface area contributed by atoms with Gasteiger partial charge in [0.15, 0.2) is 9.84 Å². The monoisotopic (exact) mass is 364 g/mol. The Labute approximate surface area is 146 Å². The quantitative estimate of drug-likeness (QED) is 0.830. The highest BCUT2D eigenvalue weighted by molar-refractivity contribution is 7.91. The van der Waals surface area contributed by atoms with Crippen LogP contribution in [0.4, 0.5) is 4.39 Å². The zero-order chi connectivity index (χ0) is 17.4. The van der Waals surface area contributed by atoms with E-state index < -0.39 is 9.84 Å². The maximum Gasteiger partial charge on any atom is 0.151 e. The molecule has 0 spiro atoms. The van der Waals surface area contributed by atoms with Crippen LogP contribution in [0.15, 0.2) is 30.6 Å². The lowest BCUT2D eigenvalue weighted by molar-refractivity contribution is 0.162. The first-order valence-electron chi connectivity index (χ1n) is 8.62. The van der Waals surface area contributed by atoms with Gasteiger partial charge >= 0.3 is 0 Å². The van der Waals surface area contributed by atoms with Crippen LogP contribution in [0, 0.1) is 5.82 Å². The number of likely N-dealkylation sites (tertiary alicyclic amines) is 1. The number of piperidine rings is 1. The van der Waals surface area contributed by atoms with Crippen molar-refractivity contribution in [1.29, 1.82) is 0 Å². The van der Waals surface area contributed by atoms with Crippen LogP contribution >= 0.6 is 0 Å². The van der Waals surface area contributed by atoms with E-state index in [0.29, 0.717) is 11.5 Å². The predicted molar refractivity (Wildman–Crippen MR) is 91.9 cm³/mol. The van der Waals surface area contributed by atoms with Crippen LogP contribution in [0.1, 0.15) is 31.0 Å². The summed E-state index contributed by atoms with van der Waals surface area (Å²) in [7, 11) is -2.85. The summed E-state index contributed by atoms with van der Waals surface area (Å²) in [6, 6.07) is 6.41. The molecule has 2 aromatic rings. The number of benzene rings is 1. The molecular formula is C17H21FN4O2S. The van der Waals surface area contributed by atoms with Gasteiger partial charge in [-0.05, 0) is 56.6 Å². The molecule has 1 unspecified atom stereocenters. The summed E-state index contributed by atoms with van der Waals surface area (Å²) in [6.07, 6.45) is 4.14. The summed E-state index contributed by atoms with van der Waals surface area (Å²) in [5, 5.41) is 4.30. The van der Waals surface area contributed by atoms with Gasteiger partial charge in [-0.3, -0.25) is 4.90 Å². The lowest BCUT2D eigenvalue weighted by Crippen LogP contribution is -2.41. The average Bonchev–Trinajstić information content (AvgIpc) is 3.22. The van der Waals surface area contributed by atoms with Crippen molar-refractivity contribution in [2.24, 2.45) is 0 Å². The van der Waals surface area contributed by atoms with Crippen molar-refractivity contribution < 1.29 is 12.8 Å². The van der Waals surface area contributed by atoms with Crippen LogP contribution in [0.5, 0.6) is 0 Å². The maximum atomic E-state index is 13.1. The minimum absolute atomic E-state index is 0.168. The highest BCUT2D eigenvalue weighted by atomic mass is 32.2. The summed E-state index contributed by atoms with van der Waals surface area (Å²) in [4.78, 5) is 6.73. The number of hydrogen-bond donors (Lipinski definition) is 0. The molecule has 2 saturated heterocycles. The van der Waals surface area contributed by atoms with Crippen molar-refractivity contribution >= 4 is 9.84 Å². The summed E-state index contributed by atoms with van der Waals surface area (Å²) < 4.78 is 38.3. The third-order valence-corrected chi connectivity index (χ3v) is 7.02. The SMILES string of the molecule is O=S1(=O)CCC(N2CCC(c3ncnn3-c3ccc(F)cc3)CC2)C1. The van der Waals surface area contributed by atoms with Crippen molar-refractivity contribution in [3.05, 3.63) is 42.2 Å². The molecule has 25 heavy (non-hydrogen) atoms. The molecule has 6 nitrogen and oxygen atoms in total. The van der Waals surface area contributed by atoms with Crippen LogP contribution in [-0.2, 0) is 9.84 Å². The topological polar surface area (TPSA) is 68.1 Å². The number of hydrogen-bond acceptors (Lipinski definition) is 5. The highest BCUT2D eigenvalue weighted by Gasteiger charge is 2.35. The number of aromatic nitrogens is 3. The van der Waals surface area contributed by atoms with Crippen molar-refractivity contribution in [3.8, 4) is 5.69 Å². The Balaban J connectivity index is 1.45. The molecule has 8 heteroatoms. The molecule has 1 atom stereocenters. The van der Waals surface area contributed by atoms with Gasteiger partial charge in [0.1, 0.15) is 18.0 Å². The van der Waals surface area contributed by atoms with E-state index in [2.05, 4.69) is 15.0 Å². The van der Waals surface area contributed by atoms with Gasteiger partial charge in [0.25, 0.3) is 0 Å². The Morgan fingerprint density at radius 2 is 1.80 bits per heavy atom. The number of sulfone groups is 1. The van der Waals surface area contributed by atoms with Gasteiger partial charge in [-0.25, -0.2) is 22.5 Å². The molecule has 2 fully saturated rings. The molecular weight excluding hydrogens is 343 g/mol. The molecule has 2 aliphatic rings. The molecule has 3 heterocycles. The first-order valence-corrected chi connectivity index (χ1v) is 10.4. The summed E-state index contributed by atoms with van der Waals surface area (Å²) in [6.45, 7) is 1.75. The largest absolute Gasteiger partial charge is 0.299 e. The third kappa shape index (κ3) is 3.46. The molecule has 0 amide bonds. The zero-order valence-electron chi connectivity index (χ0n) is 13.9. The van der Waals surface area contributed by atoms with Gasteiger partial charge in [-0.15, -0.1) is 0 Å². The van der Waals surface area contributed by atoms with Gasteiger partial charge in [0.05, 0.1) is 17.2 Å². The fourth-order valence-electron chi connectivity index (χ4n) is 3.90. The Hall–Kier alpha value is -1.80. The van der Waals surface area contributed by atoms with E-state index in [1.807, 2.05) is 0 Å². The second-order valence-electron chi connectivity index (χ2n) is 6.87. The third-order valence-electron chi connectivity index (χ3n) is 5.26. The van der Waals surface area contributed by atoms with E-state index in [9.17, 15) is 12.8 Å². The summed E-state index contributed by atoms with van der Waals surface area (Å²) >= 11 is 0. The van der Waals surface area contributed by atoms with Crippen molar-refractivity contribution in [1.82, 2.24) is 19.7 Å². The number of halogens is 1. The minimum Gasteiger partial charge on any atom is -0.299 e. The van der Waals surface area contributed by atoms with E-state index in [1.54, 1.807) is 16.8 Å². The maximum absolute atomic E-state index is 13.1. The number of nitrogens with zero attached hydrogens (tertiary/aromatic N) is 4. The second-order valence-corrected chi connectivity index (χ2v) is 9.10. The summed E-state index contributed by atoms with van der Waals surface area (Å²) in [5.74, 6) is 1.51. The van der Waals surface area contributed by atoms with Gasteiger partial charge in [-0.2, -0.15) is 5.10 Å². The fraction of sp³-hybridized carbons (Fsp3) is 0.529. The Kier molecular flexibility index (Phi) is 4.33. The van der Waals surface area contributed by atoms with Gasteiger partial charge < -0.3 is 0 Å². The molecule has 134 valence electrons. The van der Waals surface area contributed by atoms with E-state index in [0.717, 1.165) is 43.9 Å². The minimum atomic E-state index is -2.85. The fourth-order valence-corrected chi connectivity index (χ4v) is 5.66. The van der Waals surface area contributed by atoms with Crippen LogP contribution < -0.4 is 0 Å². The molecule has 0 N–H and O–H groups in total. The van der Waals surface area contributed by atoms with Crippen molar-refractivity contribution in [3.63, 3.8) is 0 Å². The van der Waals surface area contributed by atoms with Crippen LogP contribution in [-0.4, -0.2) is 58.7 Å². The lowest BCUT2D eigenvalue weighted by Gasteiger charge is -2.35. The van der Waals surface area contributed by atoms with E-state index in [4.69, 9.17) is 0 Å². The first-order chi connectivity index (χ1) is 12.0.